The van der Waals surface area contributed by atoms with Crippen LogP contribution in [0.15, 0.2) is 17.1 Å². The Hall–Kier alpha value is -0.530. The van der Waals surface area contributed by atoms with E-state index in [2.05, 4.69) is 4.98 Å². The molecule has 0 aliphatic carbocycles. The van der Waals surface area contributed by atoms with Crippen molar-refractivity contribution in [3.63, 3.8) is 0 Å². The molecule has 0 aliphatic rings. The number of nitrogens with one attached hydrogen (secondary N) is 1. The predicted octanol–water partition coefficient (Wildman–Crippen LogP) is 2.00. The van der Waals surface area contributed by atoms with Crippen LogP contribution in [0.5, 0.6) is 0 Å². The van der Waals surface area contributed by atoms with E-state index in [4.69, 9.17) is 0 Å². The van der Waals surface area contributed by atoms with Gasteiger partial charge in [0.25, 0.3) is 0 Å². The Labute approximate surface area is 78.9 Å². The molecule has 6 heteroatoms. The molecule has 0 unspecified atom stereocenters. The number of aromatic amines is 1. The topological polar surface area (TPSA) is 32.9 Å². The second kappa shape index (κ2) is 3.08. The quantitative estimate of drug-likeness (QED) is 0.728. The lowest BCUT2D eigenvalue weighted by Gasteiger charge is -2.06. The molecule has 1 heterocycles. The van der Waals surface area contributed by atoms with Gasteiger partial charge < -0.3 is 4.98 Å². The lowest BCUT2D eigenvalue weighted by atomic mass is 10.3. The van der Waals surface area contributed by atoms with Gasteiger partial charge in [0.2, 0.25) is 5.56 Å². The average Bonchev–Trinajstić information content (AvgIpc) is 1.92. The Morgan fingerprint density at radius 2 is 2.00 bits per heavy atom. The van der Waals surface area contributed by atoms with Gasteiger partial charge in [-0.25, -0.2) is 0 Å². The molecule has 0 radical (unpaired) electrons. The van der Waals surface area contributed by atoms with Crippen LogP contribution >= 0.6 is 22.6 Å². The molecule has 0 fully saturated rings. The Kier molecular flexibility index (Phi) is 2.45. The minimum atomic E-state index is -4.45. The van der Waals surface area contributed by atoms with Gasteiger partial charge in [0.15, 0.2) is 0 Å². The third-order valence-corrected chi connectivity index (χ3v) is 2.07. The van der Waals surface area contributed by atoms with Crippen LogP contribution in [-0.4, -0.2) is 4.98 Å². The molecule has 0 amide bonds. The molecule has 66 valence electrons. The van der Waals surface area contributed by atoms with Crippen LogP contribution in [0, 0.1) is 3.57 Å². The van der Waals surface area contributed by atoms with Crippen LogP contribution in [0.1, 0.15) is 5.56 Å². The first-order valence-corrected chi connectivity index (χ1v) is 3.94. The minimum Gasteiger partial charge on any atom is -0.328 e. The van der Waals surface area contributed by atoms with Crippen molar-refractivity contribution in [1.82, 2.24) is 4.98 Å². The van der Waals surface area contributed by atoms with Gasteiger partial charge in [-0.3, -0.25) is 4.79 Å². The fraction of sp³-hybridized carbons (Fsp3) is 0.167. The summed E-state index contributed by atoms with van der Waals surface area (Å²) in [6.07, 6.45) is -3.42. The first-order chi connectivity index (χ1) is 5.41. The van der Waals surface area contributed by atoms with Crippen LogP contribution in [0.2, 0.25) is 0 Å². The van der Waals surface area contributed by atoms with E-state index >= 15 is 0 Å². The third-order valence-electron chi connectivity index (χ3n) is 1.18. The predicted molar refractivity (Wildman–Crippen MR) is 44.8 cm³/mol. The molecule has 0 spiro atoms. The summed E-state index contributed by atoms with van der Waals surface area (Å²) in [6.45, 7) is 0. The van der Waals surface area contributed by atoms with E-state index < -0.39 is 17.3 Å². The van der Waals surface area contributed by atoms with Crippen molar-refractivity contribution in [2.75, 3.05) is 0 Å². The molecule has 2 nitrogen and oxygen atoms in total. The Morgan fingerprint density at radius 1 is 1.42 bits per heavy atom. The molecule has 1 N–H and O–H groups in total. The highest BCUT2D eigenvalue weighted by molar-refractivity contribution is 14.1. The molecular weight excluding hydrogens is 286 g/mol. The van der Waals surface area contributed by atoms with Crippen molar-refractivity contribution in [2.45, 2.75) is 6.18 Å². The fourth-order valence-electron chi connectivity index (χ4n) is 0.671. The van der Waals surface area contributed by atoms with Crippen molar-refractivity contribution >= 4 is 22.6 Å². The molecular formula is C6H3F3INO. The maximum absolute atomic E-state index is 12.1. The highest BCUT2D eigenvalue weighted by Gasteiger charge is 2.33. The van der Waals surface area contributed by atoms with Crippen molar-refractivity contribution in [1.29, 1.82) is 0 Å². The molecule has 1 rings (SSSR count). The van der Waals surface area contributed by atoms with Crippen molar-refractivity contribution in [2.24, 2.45) is 0 Å². The minimum absolute atomic E-state index is 0.0142. The molecule has 0 aliphatic heterocycles. The third kappa shape index (κ3) is 1.99. The van der Waals surface area contributed by atoms with Gasteiger partial charge in [0.1, 0.15) is 0 Å². The smallest absolute Gasteiger partial charge is 0.328 e. The number of rotatable bonds is 0. The van der Waals surface area contributed by atoms with E-state index in [9.17, 15) is 18.0 Å². The first-order valence-electron chi connectivity index (χ1n) is 2.86. The van der Waals surface area contributed by atoms with Gasteiger partial charge in [-0.2, -0.15) is 13.2 Å². The summed E-state index contributed by atoms with van der Waals surface area (Å²) >= 11 is 1.51. The Morgan fingerprint density at radius 3 is 2.42 bits per heavy atom. The van der Waals surface area contributed by atoms with Gasteiger partial charge in [0, 0.05) is 15.8 Å². The van der Waals surface area contributed by atoms with Gasteiger partial charge in [-0.05, 0) is 22.6 Å². The van der Waals surface area contributed by atoms with Crippen molar-refractivity contribution < 1.29 is 13.2 Å². The van der Waals surface area contributed by atoms with E-state index in [1.54, 1.807) is 0 Å². The maximum atomic E-state index is 12.1. The number of aromatic nitrogens is 1. The van der Waals surface area contributed by atoms with Crippen LogP contribution in [0.4, 0.5) is 13.2 Å². The lowest BCUT2D eigenvalue weighted by Crippen LogP contribution is -2.14. The molecule has 0 saturated carbocycles. The molecule has 0 bridgehead atoms. The second-order valence-corrected chi connectivity index (χ2v) is 3.22. The van der Waals surface area contributed by atoms with Gasteiger partial charge in [-0.1, -0.05) is 0 Å². The Bertz CT molecular complexity index is 343. The zero-order chi connectivity index (χ0) is 9.35. The molecule has 0 saturated heterocycles. The standard InChI is InChI=1S/C6H3F3INO/c7-6(8,9)3-1-5(12)11-2-4(3)10/h1-2H,(H,11,12). The number of hydrogen-bond donors (Lipinski definition) is 1. The lowest BCUT2D eigenvalue weighted by molar-refractivity contribution is -0.138. The zero-order valence-corrected chi connectivity index (χ0v) is 7.73. The molecule has 1 aromatic heterocycles. The summed E-state index contributed by atoms with van der Waals surface area (Å²) in [5.74, 6) is 0. The number of H-pyrrole nitrogens is 1. The van der Waals surface area contributed by atoms with E-state index in [1.807, 2.05) is 0 Å². The summed E-state index contributed by atoms with van der Waals surface area (Å²) < 4.78 is 36.2. The number of alkyl halides is 3. The van der Waals surface area contributed by atoms with Crippen molar-refractivity contribution in [3.8, 4) is 0 Å². The van der Waals surface area contributed by atoms with Crippen LogP contribution in [0.25, 0.3) is 0 Å². The monoisotopic (exact) mass is 289 g/mol. The second-order valence-electron chi connectivity index (χ2n) is 2.06. The summed E-state index contributed by atoms with van der Waals surface area (Å²) in [4.78, 5) is 12.7. The highest BCUT2D eigenvalue weighted by Crippen LogP contribution is 2.31. The molecule has 0 aromatic carbocycles. The van der Waals surface area contributed by atoms with E-state index in [-0.39, 0.29) is 3.57 Å². The van der Waals surface area contributed by atoms with Gasteiger partial charge in [0.05, 0.1) is 5.56 Å². The first kappa shape index (κ1) is 9.56. The van der Waals surface area contributed by atoms with Crippen LogP contribution < -0.4 is 5.56 Å². The number of pyridine rings is 1. The zero-order valence-electron chi connectivity index (χ0n) is 5.57. The largest absolute Gasteiger partial charge is 0.417 e. The Balaban J connectivity index is 3.33. The summed E-state index contributed by atoms with van der Waals surface area (Å²) in [6, 6.07) is 0.543. The number of hydrogen-bond acceptors (Lipinski definition) is 1. The molecule has 12 heavy (non-hydrogen) atoms. The van der Waals surface area contributed by atoms with E-state index in [0.717, 1.165) is 6.20 Å². The highest BCUT2D eigenvalue weighted by atomic mass is 127. The SMILES string of the molecule is O=c1cc(C(F)(F)F)c(I)c[nH]1. The maximum Gasteiger partial charge on any atom is 0.417 e. The van der Waals surface area contributed by atoms with Crippen LogP contribution in [-0.2, 0) is 6.18 Å². The summed E-state index contributed by atoms with van der Waals surface area (Å²) in [5.41, 5.74) is -1.64. The van der Waals surface area contributed by atoms with Crippen molar-refractivity contribution in [3.05, 3.63) is 31.8 Å². The van der Waals surface area contributed by atoms with E-state index in [1.165, 1.54) is 22.6 Å². The summed E-state index contributed by atoms with van der Waals surface area (Å²) in [7, 11) is 0. The molecule has 0 atom stereocenters. The van der Waals surface area contributed by atoms with E-state index in [0.29, 0.717) is 6.07 Å². The normalized spacial score (nSPS) is 11.7. The van der Waals surface area contributed by atoms with Gasteiger partial charge >= 0.3 is 6.18 Å². The van der Waals surface area contributed by atoms with Gasteiger partial charge in [-0.15, -0.1) is 0 Å². The molecule has 1 aromatic rings. The fourth-order valence-corrected chi connectivity index (χ4v) is 1.29. The summed E-state index contributed by atoms with van der Waals surface area (Å²) in [5, 5.41) is 0. The number of halogens is 4. The van der Waals surface area contributed by atoms with Crippen LogP contribution in [0.3, 0.4) is 0 Å². The average molecular weight is 289 g/mol.